The molecular formula is C13H18ClNO2S. The molecule has 0 spiro atoms. The predicted octanol–water partition coefficient (Wildman–Crippen LogP) is 2.78. The van der Waals surface area contributed by atoms with Crippen molar-refractivity contribution in [1.82, 2.24) is 5.32 Å². The van der Waals surface area contributed by atoms with Gasteiger partial charge in [-0.25, -0.2) is 0 Å². The molecule has 1 unspecified atom stereocenters. The molecule has 100 valence electrons. The molecule has 0 aliphatic heterocycles. The van der Waals surface area contributed by atoms with Crippen molar-refractivity contribution in [2.75, 3.05) is 26.5 Å². The monoisotopic (exact) mass is 287 g/mol. The summed E-state index contributed by atoms with van der Waals surface area (Å²) in [5.74, 6) is -0.0658. The number of nitrogens with one attached hydrogen (secondary N) is 1. The summed E-state index contributed by atoms with van der Waals surface area (Å²) in [7, 11) is 1.61. The number of halogens is 1. The smallest absolute Gasteiger partial charge is 0.251 e. The quantitative estimate of drug-likeness (QED) is 0.619. The van der Waals surface area contributed by atoms with Crippen LogP contribution >= 0.6 is 23.4 Å². The number of ether oxygens (including phenoxy) is 1. The first-order valence-corrected chi connectivity index (χ1v) is 7.38. The number of alkyl halides is 1. The lowest BCUT2D eigenvalue weighted by atomic mass is 10.2. The first-order valence-electron chi connectivity index (χ1n) is 5.72. The summed E-state index contributed by atoms with van der Waals surface area (Å²) in [5, 5.41) is 2.78. The minimum Gasteiger partial charge on any atom is -0.383 e. The third kappa shape index (κ3) is 5.29. The van der Waals surface area contributed by atoms with Gasteiger partial charge in [0.2, 0.25) is 0 Å². The van der Waals surface area contributed by atoms with E-state index in [4.69, 9.17) is 16.3 Å². The predicted molar refractivity (Wildman–Crippen MR) is 76.7 cm³/mol. The molecule has 0 fully saturated rings. The highest BCUT2D eigenvalue weighted by atomic mass is 35.5. The number of hydrogen-bond donors (Lipinski definition) is 1. The Morgan fingerprint density at radius 1 is 1.44 bits per heavy atom. The van der Waals surface area contributed by atoms with Crippen LogP contribution in [0.1, 0.15) is 16.8 Å². The second kappa shape index (κ2) is 8.40. The largest absolute Gasteiger partial charge is 0.383 e. The molecule has 18 heavy (non-hydrogen) atoms. The third-order valence-corrected chi connectivity index (χ3v) is 3.53. The van der Waals surface area contributed by atoms with E-state index in [-0.39, 0.29) is 11.3 Å². The van der Waals surface area contributed by atoms with Crippen LogP contribution in [0.5, 0.6) is 0 Å². The van der Waals surface area contributed by atoms with Gasteiger partial charge >= 0.3 is 0 Å². The summed E-state index contributed by atoms with van der Waals surface area (Å²) < 4.78 is 4.92. The van der Waals surface area contributed by atoms with Gasteiger partial charge in [0.25, 0.3) is 5.91 Å². The molecule has 0 aromatic heterocycles. The van der Waals surface area contributed by atoms with Gasteiger partial charge in [0.05, 0.1) is 12.0 Å². The second-order valence-corrected chi connectivity index (χ2v) is 5.32. The van der Waals surface area contributed by atoms with Crippen molar-refractivity contribution in [3.63, 3.8) is 0 Å². The molecule has 0 heterocycles. The average Bonchev–Trinajstić information content (AvgIpc) is 2.39. The van der Waals surface area contributed by atoms with Crippen LogP contribution in [0.15, 0.2) is 29.2 Å². The maximum Gasteiger partial charge on any atom is 0.251 e. The number of amides is 1. The number of hydrogen-bond acceptors (Lipinski definition) is 3. The van der Waals surface area contributed by atoms with Crippen LogP contribution < -0.4 is 5.32 Å². The van der Waals surface area contributed by atoms with Gasteiger partial charge in [0.1, 0.15) is 0 Å². The lowest BCUT2D eigenvalue weighted by Gasteiger charge is -2.09. The van der Waals surface area contributed by atoms with Crippen LogP contribution in [0.3, 0.4) is 0 Å². The summed E-state index contributed by atoms with van der Waals surface area (Å²) in [6, 6.07) is 7.53. The summed E-state index contributed by atoms with van der Waals surface area (Å²) in [5.41, 5.74) is 0.672. The lowest BCUT2D eigenvalue weighted by Crippen LogP contribution is -2.26. The van der Waals surface area contributed by atoms with Crippen molar-refractivity contribution in [2.24, 2.45) is 0 Å². The molecule has 1 aromatic rings. The number of rotatable bonds is 7. The lowest BCUT2D eigenvalue weighted by molar-refractivity contribution is 0.0951. The Bertz CT molecular complexity index is 370. The zero-order chi connectivity index (χ0) is 13.4. The highest BCUT2D eigenvalue weighted by Crippen LogP contribution is 2.14. The fraction of sp³-hybridized carbons (Fsp3) is 0.462. The zero-order valence-electron chi connectivity index (χ0n) is 10.6. The summed E-state index contributed by atoms with van der Waals surface area (Å²) in [6.45, 7) is 1.06. The summed E-state index contributed by atoms with van der Waals surface area (Å²) >= 11 is 7.62. The third-order valence-electron chi connectivity index (χ3n) is 2.44. The Morgan fingerprint density at radius 2 is 2.11 bits per heavy atom. The van der Waals surface area contributed by atoms with E-state index in [0.29, 0.717) is 25.1 Å². The van der Waals surface area contributed by atoms with Crippen LogP contribution in [-0.2, 0) is 4.74 Å². The van der Waals surface area contributed by atoms with E-state index < -0.39 is 0 Å². The highest BCUT2D eigenvalue weighted by Gasteiger charge is 2.07. The molecule has 0 saturated heterocycles. The molecule has 3 nitrogen and oxygen atoms in total. The van der Waals surface area contributed by atoms with Gasteiger partial charge in [0, 0.05) is 24.1 Å². The van der Waals surface area contributed by atoms with Gasteiger partial charge in [0.15, 0.2) is 0 Å². The van der Waals surface area contributed by atoms with Crippen molar-refractivity contribution >= 4 is 29.3 Å². The number of carbonyl (C=O) groups is 1. The summed E-state index contributed by atoms with van der Waals surface area (Å²) in [6.07, 6.45) is 2.70. The van der Waals surface area contributed by atoms with E-state index in [0.717, 1.165) is 4.90 Å². The van der Waals surface area contributed by atoms with Crippen molar-refractivity contribution in [3.05, 3.63) is 29.8 Å². The van der Waals surface area contributed by atoms with Crippen molar-refractivity contribution < 1.29 is 9.53 Å². The molecule has 1 N–H and O–H groups in total. The molecule has 0 saturated carbocycles. The van der Waals surface area contributed by atoms with E-state index in [9.17, 15) is 4.79 Å². The Hall–Kier alpha value is -0.710. The molecule has 5 heteroatoms. The number of thioether (sulfide) groups is 1. The Morgan fingerprint density at radius 3 is 2.67 bits per heavy atom. The maximum atomic E-state index is 11.8. The van der Waals surface area contributed by atoms with Gasteiger partial charge in [-0.3, -0.25) is 4.79 Å². The van der Waals surface area contributed by atoms with Gasteiger partial charge in [-0.05, 0) is 36.9 Å². The van der Waals surface area contributed by atoms with E-state index in [2.05, 4.69) is 5.32 Å². The highest BCUT2D eigenvalue weighted by molar-refractivity contribution is 7.98. The topological polar surface area (TPSA) is 38.3 Å². The fourth-order valence-electron chi connectivity index (χ4n) is 1.45. The number of carbonyl (C=O) groups excluding carboxylic acids is 1. The molecule has 0 aliphatic carbocycles. The molecule has 1 amide bonds. The van der Waals surface area contributed by atoms with Crippen LogP contribution in [-0.4, -0.2) is 37.8 Å². The number of benzene rings is 1. The van der Waals surface area contributed by atoms with Crippen molar-refractivity contribution in [2.45, 2.75) is 16.7 Å². The minimum absolute atomic E-state index is 0.0610. The first-order chi connectivity index (χ1) is 8.67. The van der Waals surface area contributed by atoms with Gasteiger partial charge in [-0.1, -0.05) is 0 Å². The molecule has 1 rings (SSSR count). The van der Waals surface area contributed by atoms with E-state index in [1.54, 1.807) is 18.9 Å². The number of methoxy groups -OCH3 is 1. The van der Waals surface area contributed by atoms with Crippen LogP contribution in [0, 0.1) is 0 Å². The van der Waals surface area contributed by atoms with Crippen molar-refractivity contribution in [1.29, 1.82) is 0 Å². The molecular weight excluding hydrogens is 270 g/mol. The summed E-state index contributed by atoms with van der Waals surface area (Å²) in [4.78, 5) is 12.9. The molecule has 1 aromatic carbocycles. The van der Waals surface area contributed by atoms with Crippen molar-refractivity contribution in [3.8, 4) is 0 Å². The molecule has 0 aliphatic rings. The minimum atomic E-state index is -0.0658. The van der Waals surface area contributed by atoms with E-state index in [1.165, 1.54) is 0 Å². The van der Waals surface area contributed by atoms with Crippen LogP contribution in [0.2, 0.25) is 0 Å². The maximum absolute atomic E-state index is 11.8. The fourth-order valence-corrected chi connectivity index (χ4v) is 2.09. The SMILES string of the molecule is COCC(Cl)CCNC(=O)c1ccc(SC)cc1. The van der Waals surface area contributed by atoms with Gasteiger partial charge in [-0.15, -0.1) is 23.4 Å². The van der Waals surface area contributed by atoms with Crippen LogP contribution in [0.4, 0.5) is 0 Å². The normalized spacial score (nSPS) is 12.2. The molecule has 1 atom stereocenters. The molecule has 0 radical (unpaired) electrons. The second-order valence-electron chi connectivity index (χ2n) is 3.83. The average molecular weight is 288 g/mol. The first kappa shape index (κ1) is 15.3. The van der Waals surface area contributed by atoms with Gasteiger partial charge in [-0.2, -0.15) is 0 Å². The molecule has 0 bridgehead atoms. The Balaban J connectivity index is 2.35. The zero-order valence-corrected chi connectivity index (χ0v) is 12.2. The Kier molecular flexibility index (Phi) is 7.16. The van der Waals surface area contributed by atoms with E-state index in [1.807, 2.05) is 30.5 Å². The Labute approximate surface area is 117 Å². The van der Waals surface area contributed by atoms with Crippen LogP contribution in [0.25, 0.3) is 0 Å². The van der Waals surface area contributed by atoms with Gasteiger partial charge < -0.3 is 10.1 Å². The standard InChI is InChI=1S/C13H18ClNO2S/c1-17-9-11(14)7-8-15-13(16)10-3-5-12(18-2)6-4-10/h3-6,11H,7-9H2,1-2H3,(H,15,16). The van der Waals surface area contributed by atoms with E-state index >= 15 is 0 Å².